The number of ether oxygens (including phenoxy) is 1. The van der Waals surface area contributed by atoms with Gasteiger partial charge in [0.2, 0.25) is 21.8 Å². The number of nitrogens with one attached hydrogen (secondary N) is 1. The van der Waals surface area contributed by atoms with Crippen molar-refractivity contribution in [2.24, 2.45) is 0 Å². The third-order valence-corrected chi connectivity index (χ3v) is 5.75. The van der Waals surface area contributed by atoms with Crippen molar-refractivity contribution >= 4 is 10.0 Å². The molecule has 8 heteroatoms. The van der Waals surface area contributed by atoms with Crippen molar-refractivity contribution < 1.29 is 17.6 Å². The minimum Gasteiger partial charge on any atom is -0.495 e. The second kappa shape index (κ2) is 7.50. The number of aryl methyl sites for hydroxylation is 3. The summed E-state index contributed by atoms with van der Waals surface area (Å²) in [5.74, 6) is 0.822. The van der Waals surface area contributed by atoms with Crippen molar-refractivity contribution in [3.63, 3.8) is 0 Å². The summed E-state index contributed by atoms with van der Waals surface area (Å²) < 4.78 is 38.7. The van der Waals surface area contributed by atoms with E-state index in [1.807, 2.05) is 45.0 Å². The van der Waals surface area contributed by atoms with Crippen LogP contribution in [0.4, 0.5) is 0 Å². The van der Waals surface area contributed by atoms with E-state index in [1.165, 1.54) is 7.11 Å². The lowest BCUT2D eigenvalue weighted by molar-refractivity contribution is 0.401. The molecule has 0 aliphatic heterocycles. The second-order valence-electron chi connectivity index (χ2n) is 6.23. The summed E-state index contributed by atoms with van der Waals surface area (Å²) >= 11 is 0. The van der Waals surface area contributed by atoms with Gasteiger partial charge in [0.1, 0.15) is 10.6 Å². The highest BCUT2D eigenvalue weighted by Gasteiger charge is 2.22. The van der Waals surface area contributed by atoms with E-state index in [1.54, 1.807) is 12.1 Å². The maximum Gasteiger partial charge on any atom is 0.248 e. The van der Waals surface area contributed by atoms with Crippen LogP contribution in [0, 0.1) is 20.8 Å². The highest BCUT2D eigenvalue weighted by atomic mass is 32.2. The molecule has 0 aliphatic carbocycles. The summed E-state index contributed by atoms with van der Waals surface area (Å²) in [5.41, 5.74) is 3.62. The Bertz CT molecular complexity index is 1070. The average Bonchev–Trinajstić information content (AvgIpc) is 3.11. The molecule has 0 radical (unpaired) electrons. The van der Waals surface area contributed by atoms with Crippen molar-refractivity contribution in [3.05, 3.63) is 59.0 Å². The van der Waals surface area contributed by atoms with Gasteiger partial charge in [-0.2, -0.15) is 0 Å². The number of hydrogen-bond donors (Lipinski definition) is 1. The van der Waals surface area contributed by atoms with Crippen LogP contribution in [0.15, 0.2) is 45.7 Å². The topological polar surface area (TPSA) is 94.3 Å². The maximum absolute atomic E-state index is 12.7. The van der Waals surface area contributed by atoms with Gasteiger partial charge in [0.25, 0.3) is 0 Å². The number of rotatable bonds is 6. The Morgan fingerprint density at radius 2 is 1.74 bits per heavy atom. The molecular weight excluding hydrogens is 366 g/mol. The van der Waals surface area contributed by atoms with Crippen LogP contribution in [0.2, 0.25) is 0 Å². The lowest BCUT2D eigenvalue weighted by atomic mass is 10.1. The lowest BCUT2D eigenvalue weighted by Crippen LogP contribution is -2.24. The third kappa shape index (κ3) is 4.01. The average molecular weight is 387 g/mol. The van der Waals surface area contributed by atoms with Crippen molar-refractivity contribution in [1.82, 2.24) is 14.9 Å². The van der Waals surface area contributed by atoms with Gasteiger partial charge in [-0.1, -0.05) is 18.2 Å². The molecule has 0 bridgehead atoms. The first-order chi connectivity index (χ1) is 12.8. The van der Waals surface area contributed by atoms with E-state index in [4.69, 9.17) is 9.15 Å². The summed E-state index contributed by atoms with van der Waals surface area (Å²) in [6.07, 6.45) is 0. The molecule has 7 nitrogen and oxygen atoms in total. The van der Waals surface area contributed by atoms with Gasteiger partial charge in [0.05, 0.1) is 13.7 Å². The first-order valence-electron chi connectivity index (χ1n) is 8.35. The van der Waals surface area contributed by atoms with E-state index in [0.29, 0.717) is 5.89 Å². The van der Waals surface area contributed by atoms with E-state index in [2.05, 4.69) is 14.9 Å². The Labute approximate surface area is 158 Å². The Kier molecular flexibility index (Phi) is 5.29. The smallest absolute Gasteiger partial charge is 0.248 e. The van der Waals surface area contributed by atoms with Crippen molar-refractivity contribution in [2.75, 3.05) is 7.11 Å². The van der Waals surface area contributed by atoms with Crippen LogP contribution in [-0.4, -0.2) is 25.7 Å². The van der Waals surface area contributed by atoms with Crippen LogP contribution in [-0.2, 0) is 16.6 Å². The summed E-state index contributed by atoms with van der Waals surface area (Å²) in [4.78, 5) is 0.0757. The minimum absolute atomic E-state index is 0.0757. The maximum atomic E-state index is 12.7. The van der Waals surface area contributed by atoms with E-state index in [-0.39, 0.29) is 23.1 Å². The fraction of sp³-hybridized carbons (Fsp3) is 0.263. The second-order valence-corrected chi connectivity index (χ2v) is 7.96. The van der Waals surface area contributed by atoms with Gasteiger partial charge in [-0.05, 0) is 55.7 Å². The fourth-order valence-corrected chi connectivity index (χ4v) is 3.82. The molecule has 1 N–H and O–H groups in total. The highest BCUT2D eigenvalue weighted by Crippen LogP contribution is 2.27. The quantitative estimate of drug-likeness (QED) is 0.698. The Hall–Kier alpha value is -2.71. The third-order valence-electron chi connectivity index (χ3n) is 4.33. The molecule has 1 aromatic heterocycles. The van der Waals surface area contributed by atoms with Gasteiger partial charge in [-0.25, -0.2) is 13.1 Å². The van der Waals surface area contributed by atoms with Crippen LogP contribution >= 0.6 is 0 Å². The van der Waals surface area contributed by atoms with E-state index in [0.717, 1.165) is 22.3 Å². The Morgan fingerprint density at radius 1 is 1.04 bits per heavy atom. The molecular formula is C19H21N3O4S. The van der Waals surface area contributed by atoms with Crippen molar-refractivity contribution in [2.45, 2.75) is 32.2 Å². The summed E-state index contributed by atoms with van der Waals surface area (Å²) in [6.45, 7) is 5.57. The minimum atomic E-state index is -3.81. The first kappa shape index (κ1) is 19.1. The number of aromatic nitrogens is 2. The molecule has 3 rings (SSSR count). The molecule has 2 aromatic carbocycles. The van der Waals surface area contributed by atoms with Crippen LogP contribution < -0.4 is 9.46 Å². The summed E-state index contributed by atoms with van der Waals surface area (Å²) in [7, 11) is -2.37. The monoisotopic (exact) mass is 387 g/mol. The van der Waals surface area contributed by atoms with Gasteiger partial charge in [-0.3, -0.25) is 0 Å². The van der Waals surface area contributed by atoms with Gasteiger partial charge in [-0.15, -0.1) is 10.2 Å². The first-order valence-corrected chi connectivity index (χ1v) is 9.83. The Balaban J connectivity index is 1.81. The van der Waals surface area contributed by atoms with Gasteiger partial charge in [0, 0.05) is 5.56 Å². The molecule has 1 heterocycles. The molecule has 27 heavy (non-hydrogen) atoms. The van der Waals surface area contributed by atoms with Crippen molar-refractivity contribution in [3.8, 4) is 17.2 Å². The van der Waals surface area contributed by atoms with Gasteiger partial charge in [0.15, 0.2) is 0 Å². The van der Waals surface area contributed by atoms with Crippen molar-refractivity contribution in [1.29, 1.82) is 0 Å². The SMILES string of the molecule is COc1cc(C)c(C)cc1S(=O)(=O)NCc1nnc(-c2ccccc2C)o1. The number of sulfonamides is 1. The van der Waals surface area contributed by atoms with E-state index < -0.39 is 10.0 Å². The predicted octanol–water partition coefficient (Wildman–Crippen LogP) is 3.15. The Morgan fingerprint density at radius 3 is 2.44 bits per heavy atom. The molecule has 0 fully saturated rings. The highest BCUT2D eigenvalue weighted by molar-refractivity contribution is 7.89. The van der Waals surface area contributed by atoms with Crippen LogP contribution in [0.25, 0.3) is 11.5 Å². The summed E-state index contributed by atoms with van der Waals surface area (Å²) in [5, 5.41) is 7.93. The van der Waals surface area contributed by atoms with E-state index >= 15 is 0 Å². The molecule has 0 aliphatic rings. The molecule has 0 saturated carbocycles. The van der Waals surface area contributed by atoms with Gasteiger partial charge >= 0.3 is 0 Å². The molecule has 3 aromatic rings. The number of benzene rings is 2. The predicted molar refractivity (Wildman–Crippen MR) is 101 cm³/mol. The number of hydrogen-bond acceptors (Lipinski definition) is 6. The van der Waals surface area contributed by atoms with E-state index in [9.17, 15) is 8.42 Å². The molecule has 0 unspecified atom stereocenters. The molecule has 142 valence electrons. The van der Waals surface area contributed by atoms with Crippen LogP contribution in [0.5, 0.6) is 5.75 Å². The number of nitrogens with zero attached hydrogens (tertiary/aromatic N) is 2. The summed E-state index contributed by atoms with van der Waals surface area (Å²) in [6, 6.07) is 10.9. The van der Waals surface area contributed by atoms with Crippen LogP contribution in [0.3, 0.4) is 0 Å². The number of methoxy groups -OCH3 is 1. The molecule has 0 spiro atoms. The molecule has 0 saturated heterocycles. The van der Waals surface area contributed by atoms with Gasteiger partial charge < -0.3 is 9.15 Å². The standard InChI is InChI=1S/C19H21N3O4S/c1-12-7-5-6-8-15(12)19-22-21-18(26-19)11-20-27(23,24)17-10-14(3)13(2)9-16(17)25-4/h5-10,20H,11H2,1-4H3. The molecule has 0 amide bonds. The zero-order valence-electron chi connectivity index (χ0n) is 15.6. The van der Waals surface area contributed by atoms with Crippen LogP contribution in [0.1, 0.15) is 22.6 Å². The zero-order chi connectivity index (χ0) is 19.6. The zero-order valence-corrected chi connectivity index (χ0v) is 16.4. The molecule has 0 atom stereocenters. The largest absolute Gasteiger partial charge is 0.495 e. The normalized spacial score (nSPS) is 11.6. The lowest BCUT2D eigenvalue weighted by Gasteiger charge is -2.12. The fourth-order valence-electron chi connectivity index (χ4n) is 2.61.